The Morgan fingerprint density at radius 3 is 2.30 bits per heavy atom. The number of halogens is 1. The third-order valence-corrected chi connectivity index (χ3v) is 8.07. The predicted octanol–water partition coefficient (Wildman–Crippen LogP) is 4.32. The van der Waals surface area contributed by atoms with Crippen molar-refractivity contribution in [3.8, 4) is 0 Å². The van der Waals surface area contributed by atoms with E-state index >= 15 is 0 Å². The molecule has 198 valence electrons. The molecule has 0 saturated heterocycles. The van der Waals surface area contributed by atoms with Crippen LogP contribution >= 0.6 is 0 Å². The standard InChI is InChI=1S/C28H34FN3O4S/c1-4-6-17-30-28(34)26(5-2)32(19-21-11-14-24(29)15-12-21)27(33)20-31(3)37(35,36)25-16-13-22-9-7-8-10-23(22)18-25/h7-16,18,26H,4-6,17,19-20H2,1-3H3,(H,30,34)/t26-/m1/s1. The summed E-state index contributed by atoms with van der Waals surface area (Å²) in [4.78, 5) is 27.9. The first kappa shape index (κ1) is 28.3. The van der Waals surface area contributed by atoms with Gasteiger partial charge in [-0.05, 0) is 53.4 Å². The first-order valence-electron chi connectivity index (χ1n) is 12.4. The van der Waals surface area contributed by atoms with Gasteiger partial charge in [-0.1, -0.05) is 62.7 Å². The van der Waals surface area contributed by atoms with Crippen molar-refractivity contribution in [3.63, 3.8) is 0 Å². The molecule has 3 aromatic carbocycles. The Morgan fingerprint density at radius 1 is 0.973 bits per heavy atom. The Bertz CT molecular complexity index is 1330. The molecule has 0 fully saturated rings. The van der Waals surface area contributed by atoms with Crippen molar-refractivity contribution in [2.75, 3.05) is 20.1 Å². The predicted molar refractivity (Wildman–Crippen MR) is 143 cm³/mol. The fraction of sp³-hybridized carbons (Fsp3) is 0.357. The number of hydrogen-bond donors (Lipinski definition) is 1. The van der Waals surface area contributed by atoms with Gasteiger partial charge in [-0.2, -0.15) is 4.31 Å². The molecule has 0 bridgehead atoms. The molecule has 0 heterocycles. The maximum atomic E-state index is 13.5. The molecule has 3 aromatic rings. The summed E-state index contributed by atoms with van der Waals surface area (Å²) in [5, 5.41) is 4.55. The molecule has 37 heavy (non-hydrogen) atoms. The molecular weight excluding hydrogens is 493 g/mol. The lowest BCUT2D eigenvalue weighted by Crippen LogP contribution is -2.51. The minimum atomic E-state index is -3.97. The van der Waals surface area contributed by atoms with E-state index in [2.05, 4.69) is 5.32 Å². The van der Waals surface area contributed by atoms with Gasteiger partial charge in [0.25, 0.3) is 0 Å². The van der Waals surface area contributed by atoms with Crippen molar-refractivity contribution in [2.45, 2.75) is 50.6 Å². The second kappa shape index (κ2) is 12.8. The maximum absolute atomic E-state index is 13.5. The highest BCUT2D eigenvalue weighted by Gasteiger charge is 2.31. The van der Waals surface area contributed by atoms with Crippen molar-refractivity contribution in [1.82, 2.24) is 14.5 Å². The summed E-state index contributed by atoms with van der Waals surface area (Å²) in [5.41, 5.74) is 0.634. The number of hydrogen-bond acceptors (Lipinski definition) is 4. The van der Waals surface area contributed by atoms with Gasteiger partial charge in [0.1, 0.15) is 11.9 Å². The lowest BCUT2D eigenvalue weighted by atomic mass is 10.1. The molecule has 0 spiro atoms. The molecule has 7 nitrogen and oxygen atoms in total. The first-order valence-corrected chi connectivity index (χ1v) is 13.9. The summed E-state index contributed by atoms with van der Waals surface area (Å²) in [6, 6.07) is 17.1. The number of amides is 2. The Balaban J connectivity index is 1.85. The number of unbranched alkanes of at least 4 members (excludes halogenated alkanes) is 1. The van der Waals surface area contributed by atoms with Crippen LogP contribution in [0.1, 0.15) is 38.7 Å². The smallest absolute Gasteiger partial charge is 0.243 e. The zero-order valence-electron chi connectivity index (χ0n) is 21.5. The molecule has 9 heteroatoms. The number of nitrogens with zero attached hydrogens (tertiary/aromatic N) is 2. The molecule has 0 aliphatic carbocycles. The average molecular weight is 528 g/mol. The number of rotatable bonds is 12. The molecule has 0 aliphatic heterocycles. The van der Waals surface area contributed by atoms with Gasteiger partial charge in [-0.25, -0.2) is 12.8 Å². The van der Waals surface area contributed by atoms with E-state index in [9.17, 15) is 22.4 Å². The van der Waals surface area contributed by atoms with Crippen LogP contribution in [0, 0.1) is 5.82 Å². The summed E-state index contributed by atoms with van der Waals surface area (Å²) >= 11 is 0. The summed E-state index contributed by atoms with van der Waals surface area (Å²) in [7, 11) is -2.62. The van der Waals surface area contributed by atoms with E-state index < -0.39 is 34.3 Å². The first-order chi connectivity index (χ1) is 17.7. The van der Waals surface area contributed by atoms with Gasteiger partial charge in [0.2, 0.25) is 21.8 Å². The number of carbonyl (C=O) groups is 2. The Labute approximate surface area is 218 Å². The number of nitrogens with one attached hydrogen (secondary N) is 1. The van der Waals surface area contributed by atoms with Crippen molar-refractivity contribution in [2.24, 2.45) is 0 Å². The van der Waals surface area contributed by atoms with E-state index in [-0.39, 0.29) is 17.3 Å². The van der Waals surface area contributed by atoms with Gasteiger partial charge in [0.05, 0.1) is 11.4 Å². The minimum absolute atomic E-state index is 0.0443. The highest BCUT2D eigenvalue weighted by atomic mass is 32.2. The molecule has 0 unspecified atom stereocenters. The van der Waals surface area contributed by atoms with Crippen LogP contribution in [0.2, 0.25) is 0 Å². The SMILES string of the molecule is CCCCNC(=O)[C@@H](CC)N(Cc1ccc(F)cc1)C(=O)CN(C)S(=O)(=O)c1ccc2ccccc2c1. The van der Waals surface area contributed by atoms with Crippen LogP contribution in [0.25, 0.3) is 10.8 Å². The molecule has 0 radical (unpaired) electrons. The highest BCUT2D eigenvalue weighted by molar-refractivity contribution is 7.89. The minimum Gasteiger partial charge on any atom is -0.354 e. The van der Waals surface area contributed by atoms with Crippen molar-refractivity contribution in [1.29, 1.82) is 0 Å². The van der Waals surface area contributed by atoms with E-state index in [0.717, 1.165) is 27.9 Å². The Kier molecular flexibility index (Phi) is 9.77. The number of fused-ring (bicyclic) bond motifs is 1. The largest absolute Gasteiger partial charge is 0.354 e. The molecule has 0 saturated carbocycles. The van der Waals surface area contributed by atoms with E-state index in [0.29, 0.717) is 18.5 Å². The van der Waals surface area contributed by atoms with Crippen LogP contribution in [0.3, 0.4) is 0 Å². The van der Waals surface area contributed by atoms with Gasteiger partial charge in [0.15, 0.2) is 0 Å². The maximum Gasteiger partial charge on any atom is 0.243 e. The topological polar surface area (TPSA) is 86.8 Å². The number of carbonyl (C=O) groups excluding carboxylic acids is 2. The van der Waals surface area contributed by atoms with Crippen molar-refractivity contribution < 1.29 is 22.4 Å². The highest BCUT2D eigenvalue weighted by Crippen LogP contribution is 2.22. The lowest BCUT2D eigenvalue weighted by molar-refractivity contribution is -0.141. The molecular formula is C28H34FN3O4S. The lowest BCUT2D eigenvalue weighted by Gasteiger charge is -2.32. The second-order valence-electron chi connectivity index (χ2n) is 8.99. The third kappa shape index (κ3) is 7.14. The summed E-state index contributed by atoms with van der Waals surface area (Å²) in [6.07, 6.45) is 2.06. The van der Waals surface area contributed by atoms with Gasteiger partial charge in [-0.3, -0.25) is 9.59 Å². The normalized spacial score (nSPS) is 12.5. The number of likely N-dealkylation sites (N-methyl/N-ethyl adjacent to an activating group) is 1. The molecule has 0 aliphatic rings. The van der Waals surface area contributed by atoms with Crippen LogP contribution in [-0.2, 0) is 26.2 Å². The zero-order valence-corrected chi connectivity index (χ0v) is 22.3. The van der Waals surface area contributed by atoms with E-state index in [1.165, 1.54) is 30.1 Å². The van der Waals surface area contributed by atoms with Crippen LogP contribution in [-0.4, -0.2) is 55.6 Å². The monoisotopic (exact) mass is 527 g/mol. The molecule has 2 amide bonds. The molecule has 1 N–H and O–H groups in total. The Hall–Kier alpha value is -3.30. The van der Waals surface area contributed by atoms with Gasteiger partial charge >= 0.3 is 0 Å². The van der Waals surface area contributed by atoms with Crippen LogP contribution in [0.5, 0.6) is 0 Å². The van der Waals surface area contributed by atoms with Crippen LogP contribution in [0.4, 0.5) is 4.39 Å². The summed E-state index contributed by atoms with van der Waals surface area (Å²) in [5.74, 6) is -1.23. The van der Waals surface area contributed by atoms with Gasteiger partial charge < -0.3 is 10.2 Å². The van der Waals surface area contributed by atoms with Gasteiger partial charge in [-0.15, -0.1) is 0 Å². The third-order valence-electron chi connectivity index (χ3n) is 6.27. The fourth-order valence-electron chi connectivity index (χ4n) is 4.09. The molecule has 1 atom stereocenters. The average Bonchev–Trinajstić information content (AvgIpc) is 2.89. The van der Waals surface area contributed by atoms with E-state index in [4.69, 9.17) is 0 Å². The van der Waals surface area contributed by atoms with Crippen LogP contribution < -0.4 is 5.32 Å². The van der Waals surface area contributed by atoms with Crippen LogP contribution in [0.15, 0.2) is 71.6 Å². The number of sulfonamides is 1. The van der Waals surface area contributed by atoms with Gasteiger partial charge in [0, 0.05) is 20.1 Å². The van der Waals surface area contributed by atoms with Crippen molar-refractivity contribution >= 4 is 32.6 Å². The number of benzene rings is 3. The quantitative estimate of drug-likeness (QED) is 0.356. The summed E-state index contributed by atoms with van der Waals surface area (Å²) in [6.45, 7) is 3.89. The molecule has 3 rings (SSSR count). The second-order valence-corrected chi connectivity index (χ2v) is 11.0. The van der Waals surface area contributed by atoms with Crippen molar-refractivity contribution in [3.05, 3.63) is 78.1 Å². The van der Waals surface area contributed by atoms with E-state index in [1.807, 2.05) is 31.2 Å². The Morgan fingerprint density at radius 2 is 1.65 bits per heavy atom. The van der Waals surface area contributed by atoms with E-state index in [1.54, 1.807) is 31.2 Å². The fourth-order valence-corrected chi connectivity index (χ4v) is 5.24. The molecule has 0 aromatic heterocycles. The zero-order chi connectivity index (χ0) is 27.0. The summed E-state index contributed by atoms with van der Waals surface area (Å²) < 4.78 is 41.1.